The lowest BCUT2D eigenvalue weighted by Gasteiger charge is -2.35. The molecule has 1 aliphatic heterocycles. The minimum Gasteiger partial charge on any atom is -0.367 e. The average Bonchev–Trinajstić information content (AvgIpc) is 3.09. The van der Waals surface area contributed by atoms with E-state index in [1.807, 2.05) is 6.92 Å². The molecule has 7 nitrogen and oxygen atoms in total. The highest BCUT2D eigenvalue weighted by Crippen LogP contribution is 2.29. The van der Waals surface area contributed by atoms with Gasteiger partial charge in [-0.2, -0.15) is 18.2 Å². The second-order valence-corrected chi connectivity index (χ2v) is 5.70. The lowest BCUT2D eigenvalue weighted by molar-refractivity contribution is -0.141. The van der Waals surface area contributed by atoms with Crippen molar-refractivity contribution in [3.8, 4) is 0 Å². The summed E-state index contributed by atoms with van der Waals surface area (Å²) < 4.78 is 43.1. The van der Waals surface area contributed by atoms with Crippen LogP contribution < -0.4 is 5.32 Å². The van der Waals surface area contributed by atoms with Crippen LogP contribution in [0, 0.1) is 0 Å². The Labute approximate surface area is 136 Å². The first-order chi connectivity index (χ1) is 11.4. The van der Waals surface area contributed by atoms with Crippen molar-refractivity contribution in [2.24, 2.45) is 0 Å². The van der Waals surface area contributed by atoms with Crippen LogP contribution in [-0.4, -0.2) is 44.1 Å². The van der Waals surface area contributed by atoms with Crippen molar-refractivity contribution in [1.82, 2.24) is 25.0 Å². The summed E-state index contributed by atoms with van der Waals surface area (Å²) in [5.41, 5.74) is -0.942. The minimum absolute atomic E-state index is 0.0179. The number of rotatable bonds is 4. The molecule has 3 heterocycles. The number of piperidine rings is 1. The molecular formula is C14H17F3N6O. The van der Waals surface area contributed by atoms with Gasteiger partial charge in [0, 0.05) is 25.2 Å². The number of nitrogens with one attached hydrogen (secondary N) is 1. The van der Waals surface area contributed by atoms with Gasteiger partial charge in [0.05, 0.1) is 6.04 Å². The zero-order chi connectivity index (χ0) is 17.2. The maximum atomic E-state index is 12.7. The van der Waals surface area contributed by atoms with Gasteiger partial charge >= 0.3 is 6.18 Å². The molecule has 1 atom stereocenters. The summed E-state index contributed by atoms with van der Waals surface area (Å²) in [4.78, 5) is 13.4. The summed E-state index contributed by atoms with van der Waals surface area (Å²) in [7, 11) is 0. The topological polar surface area (TPSA) is 80.0 Å². The van der Waals surface area contributed by atoms with Crippen LogP contribution in [0.25, 0.3) is 0 Å². The molecule has 2 aromatic rings. The van der Waals surface area contributed by atoms with Gasteiger partial charge in [-0.05, 0) is 19.8 Å². The predicted octanol–water partition coefficient (Wildman–Crippen LogP) is 2.52. The molecule has 1 saturated heterocycles. The van der Waals surface area contributed by atoms with Gasteiger partial charge in [-0.15, -0.1) is 0 Å². The van der Waals surface area contributed by atoms with Gasteiger partial charge in [-0.25, -0.2) is 9.97 Å². The van der Waals surface area contributed by atoms with Crippen LogP contribution in [0.4, 0.5) is 19.0 Å². The molecule has 2 aromatic heterocycles. The van der Waals surface area contributed by atoms with Gasteiger partial charge in [0.15, 0.2) is 6.33 Å². The van der Waals surface area contributed by atoms with Crippen molar-refractivity contribution in [2.75, 3.05) is 18.4 Å². The number of alkyl halides is 3. The largest absolute Gasteiger partial charge is 0.433 e. The summed E-state index contributed by atoms with van der Waals surface area (Å²) in [6, 6.07) is 1.02. The van der Waals surface area contributed by atoms with E-state index in [9.17, 15) is 13.2 Å². The summed E-state index contributed by atoms with van der Waals surface area (Å²) in [5, 5.41) is 6.66. The quantitative estimate of drug-likeness (QED) is 0.914. The second kappa shape index (κ2) is 6.71. The first-order valence-electron chi connectivity index (χ1n) is 7.60. The van der Waals surface area contributed by atoms with Crippen LogP contribution in [-0.2, 0) is 6.18 Å². The van der Waals surface area contributed by atoms with Gasteiger partial charge in [0.25, 0.3) is 0 Å². The second-order valence-electron chi connectivity index (χ2n) is 5.70. The average molecular weight is 342 g/mol. The zero-order valence-electron chi connectivity index (χ0n) is 13.0. The Balaban J connectivity index is 1.56. The fraction of sp³-hybridized carbons (Fsp3) is 0.571. The smallest absolute Gasteiger partial charge is 0.367 e. The monoisotopic (exact) mass is 342 g/mol. The Morgan fingerprint density at radius 1 is 1.21 bits per heavy atom. The van der Waals surface area contributed by atoms with E-state index in [2.05, 4.69) is 30.3 Å². The van der Waals surface area contributed by atoms with E-state index in [1.54, 1.807) is 0 Å². The number of aromatic nitrogens is 4. The Hall–Kier alpha value is -2.23. The molecule has 1 unspecified atom stereocenters. The van der Waals surface area contributed by atoms with Crippen LogP contribution in [0.3, 0.4) is 0 Å². The molecule has 0 bridgehead atoms. The highest BCUT2D eigenvalue weighted by atomic mass is 19.4. The molecule has 0 radical (unpaired) electrons. The van der Waals surface area contributed by atoms with Crippen LogP contribution in [0.15, 0.2) is 23.2 Å². The zero-order valence-corrected chi connectivity index (χ0v) is 13.0. The number of anilines is 1. The van der Waals surface area contributed by atoms with Crippen molar-refractivity contribution in [3.63, 3.8) is 0 Å². The number of nitrogens with zero attached hydrogens (tertiary/aromatic N) is 5. The Morgan fingerprint density at radius 3 is 2.58 bits per heavy atom. The van der Waals surface area contributed by atoms with Gasteiger partial charge in [-0.3, -0.25) is 4.90 Å². The van der Waals surface area contributed by atoms with Gasteiger partial charge in [0.2, 0.25) is 5.89 Å². The molecule has 0 spiro atoms. The summed E-state index contributed by atoms with van der Waals surface area (Å²) >= 11 is 0. The Bertz CT molecular complexity index is 655. The van der Waals surface area contributed by atoms with Gasteiger partial charge < -0.3 is 9.84 Å². The Kier molecular flexibility index (Phi) is 4.65. The normalized spacial score (nSPS) is 18.5. The van der Waals surface area contributed by atoms with Crippen LogP contribution in [0.2, 0.25) is 0 Å². The van der Waals surface area contributed by atoms with Gasteiger partial charge in [0.1, 0.15) is 17.8 Å². The lowest BCUT2D eigenvalue weighted by Crippen LogP contribution is -2.40. The summed E-state index contributed by atoms with van der Waals surface area (Å²) in [6.07, 6.45) is -0.610. The SMILES string of the molecule is CC(c1ncno1)N1CCC(Nc2cc(C(F)(F)F)ncn2)CC1. The Morgan fingerprint density at radius 2 is 1.96 bits per heavy atom. The third-order valence-corrected chi connectivity index (χ3v) is 4.12. The predicted molar refractivity (Wildman–Crippen MR) is 78.0 cm³/mol. The van der Waals surface area contributed by atoms with E-state index in [4.69, 9.17) is 4.52 Å². The molecule has 1 N–H and O–H groups in total. The molecular weight excluding hydrogens is 325 g/mol. The molecule has 0 aliphatic carbocycles. The summed E-state index contributed by atoms with van der Waals surface area (Å²) in [5.74, 6) is 0.757. The molecule has 0 aromatic carbocycles. The highest BCUT2D eigenvalue weighted by Gasteiger charge is 2.33. The van der Waals surface area contributed by atoms with E-state index < -0.39 is 11.9 Å². The van der Waals surface area contributed by atoms with Crippen LogP contribution in [0.5, 0.6) is 0 Å². The third-order valence-electron chi connectivity index (χ3n) is 4.12. The van der Waals surface area contributed by atoms with Crippen molar-refractivity contribution < 1.29 is 17.7 Å². The fourth-order valence-corrected chi connectivity index (χ4v) is 2.75. The minimum atomic E-state index is -4.47. The van der Waals surface area contributed by atoms with Crippen molar-refractivity contribution >= 4 is 5.82 Å². The fourth-order valence-electron chi connectivity index (χ4n) is 2.75. The molecule has 1 fully saturated rings. The van der Waals surface area contributed by atoms with E-state index in [-0.39, 0.29) is 17.9 Å². The lowest BCUT2D eigenvalue weighted by atomic mass is 10.0. The standard InChI is InChI=1S/C14H17F3N6O/c1-9(13-20-8-21-24-13)23-4-2-10(3-5-23)22-12-6-11(14(15,16)17)18-7-19-12/h6-10H,2-5H2,1H3,(H,18,19,22). The highest BCUT2D eigenvalue weighted by molar-refractivity contribution is 5.36. The molecule has 24 heavy (non-hydrogen) atoms. The molecule has 1 aliphatic rings. The number of hydrogen-bond donors (Lipinski definition) is 1. The molecule has 130 valence electrons. The van der Waals surface area contributed by atoms with E-state index in [0.717, 1.165) is 38.3 Å². The number of likely N-dealkylation sites (tertiary alicyclic amines) is 1. The number of halogens is 3. The number of hydrogen-bond acceptors (Lipinski definition) is 7. The first-order valence-corrected chi connectivity index (χ1v) is 7.60. The van der Waals surface area contributed by atoms with Crippen LogP contribution >= 0.6 is 0 Å². The molecule has 10 heteroatoms. The third kappa shape index (κ3) is 3.81. The van der Waals surface area contributed by atoms with E-state index in [0.29, 0.717) is 5.89 Å². The molecule has 0 saturated carbocycles. The molecule has 3 rings (SSSR count). The van der Waals surface area contributed by atoms with Gasteiger partial charge in [-0.1, -0.05) is 5.16 Å². The maximum Gasteiger partial charge on any atom is 0.433 e. The van der Waals surface area contributed by atoms with E-state index in [1.165, 1.54) is 6.33 Å². The maximum absolute atomic E-state index is 12.7. The van der Waals surface area contributed by atoms with Crippen molar-refractivity contribution in [2.45, 2.75) is 38.0 Å². The van der Waals surface area contributed by atoms with Crippen LogP contribution in [0.1, 0.15) is 37.4 Å². The van der Waals surface area contributed by atoms with Crippen molar-refractivity contribution in [3.05, 3.63) is 30.3 Å². The van der Waals surface area contributed by atoms with Crippen molar-refractivity contribution in [1.29, 1.82) is 0 Å². The summed E-state index contributed by atoms with van der Waals surface area (Å²) in [6.45, 7) is 3.54. The molecule has 0 amide bonds. The first kappa shape index (κ1) is 16.6. The van der Waals surface area contributed by atoms with E-state index >= 15 is 0 Å².